The number of fused-ring (bicyclic) bond motifs is 1. The highest BCUT2D eigenvalue weighted by molar-refractivity contribution is 6.23. The fourth-order valence-electron chi connectivity index (χ4n) is 3.59. The number of carbonyl (C=O) groups excluding carboxylic acids is 4. The van der Waals surface area contributed by atoms with Gasteiger partial charge in [-0.1, -0.05) is 12.1 Å². The van der Waals surface area contributed by atoms with Gasteiger partial charge >= 0.3 is 0 Å². The maximum atomic E-state index is 12.9. The summed E-state index contributed by atoms with van der Waals surface area (Å²) >= 11 is 0. The van der Waals surface area contributed by atoms with Gasteiger partial charge in [0.15, 0.2) is 0 Å². The van der Waals surface area contributed by atoms with Crippen molar-refractivity contribution in [3.05, 3.63) is 59.2 Å². The highest BCUT2D eigenvalue weighted by Crippen LogP contribution is 2.30. The maximum absolute atomic E-state index is 12.9. The second-order valence-electron chi connectivity index (χ2n) is 7.24. The molecule has 8 nitrogen and oxygen atoms in total. The summed E-state index contributed by atoms with van der Waals surface area (Å²) in [5.74, 6) is -2.07. The van der Waals surface area contributed by atoms with Crippen LogP contribution in [-0.4, -0.2) is 34.6 Å². The Kier molecular flexibility index (Phi) is 4.63. The summed E-state index contributed by atoms with van der Waals surface area (Å²) in [6, 6.07) is 11.4. The Bertz CT molecular complexity index is 1030. The van der Waals surface area contributed by atoms with Crippen molar-refractivity contribution in [2.75, 3.05) is 5.32 Å². The lowest BCUT2D eigenvalue weighted by Crippen LogP contribution is -2.54. The molecule has 0 bridgehead atoms. The van der Waals surface area contributed by atoms with Crippen LogP contribution in [0.3, 0.4) is 0 Å². The number of hydrogen-bond acceptors (Lipinski definition) is 6. The van der Waals surface area contributed by atoms with Gasteiger partial charge in [0, 0.05) is 23.8 Å². The predicted octanol–water partition coefficient (Wildman–Crippen LogP) is 1.85. The zero-order valence-corrected chi connectivity index (χ0v) is 15.8. The van der Waals surface area contributed by atoms with E-state index in [1.165, 1.54) is 0 Å². The summed E-state index contributed by atoms with van der Waals surface area (Å²) in [6.07, 6.45) is 0.223. The molecule has 0 aromatic heterocycles. The van der Waals surface area contributed by atoms with E-state index in [4.69, 9.17) is 5.73 Å². The standard InChI is InChI=1S/C21H20N4O4/c1-11(22)12-2-4-13(5-3-12)23-14-6-7-15-16(10-14)21(29)25(20(15)28)17-8-9-18(26)24-19(17)27/h2-7,10-11,17,23H,8-9,22H2,1H3,(H,24,26,27). The molecule has 0 spiro atoms. The van der Waals surface area contributed by atoms with E-state index in [1.807, 2.05) is 31.2 Å². The summed E-state index contributed by atoms with van der Waals surface area (Å²) in [5, 5.41) is 5.38. The minimum absolute atomic E-state index is 0.0639. The monoisotopic (exact) mass is 392 g/mol. The van der Waals surface area contributed by atoms with Gasteiger partial charge in [0.1, 0.15) is 6.04 Å². The summed E-state index contributed by atoms with van der Waals surface area (Å²) in [4.78, 5) is 50.0. The van der Waals surface area contributed by atoms with Crippen LogP contribution in [-0.2, 0) is 9.59 Å². The van der Waals surface area contributed by atoms with Crippen LogP contribution in [0.5, 0.6) is 0 Å². The fraction of sp³-hybridized carbons (Fsp3) is 0.238. The van der Waals surface area contributed by atoms with Crippen LogP contribution < -0.4 is 16.4 Å². The Morgan fingerprint density at radius 1 is 1.00 bits per heavy atom. The normalized spacial score (nSPS) is 19.8. The zero-order chi connectivity index (χ0) is 20.7. The molecular formula is C21H20N4O4. The Morgan fingerprint density at radius 2 is 1.66 bits per heavy atom. The molecule has 148 valence electrons. The highest BCUT2D eigenvalue weighted by Gasteiger charge is 2.44. The average molecular weight is 392 g/mol. The van der Waals surface area contributed by atoms with Crippen molar-refractivity contribution in [3.8, 4) is 0 Å². The van der Waals surface area contributed by atoms with E-state index in [9.17, 15) is 19.2 Å². The van der Waals surface area contributed by atoms with Crippen LogP contribution in [0.2, 0.25) is 0 Å². The lowest BCUT2D eigenvalue weighted by Gasteiger charge is -2.27. The van der Waals surface area contributed by atoms with Crippen LogP contribution in [0.15, 0.2) is 42.5 Å². The van der Waals surface area contributed by atoms with E-state index in [0.717, 1.165) is 16.2 Å². The molecule has 0 radical (unpaired) electrons. The maximum Gasteiger partial charge on any atom is 0.262 e. The minimum Gasteiger partial charge on any atom is -0.356 e. The minimum atomic E-state index is -0.970. The first-order valence-electron chi connectivity index (χ1n) is 9.33. The number of benzene rings is 2. The van der Waals surface area contributed by atoms with E-state index >= 15 is 0 Å². The number of carbonyl (C=O) groups is 4. The van der Waals surface area contributed by atoms with E-state index in [0.29, 0.717) is 5.69 Å². The number of nitrogens with zero attached hydrogens (tertiary/aromatic N) is 1. The SMILES string of the molecule is CC(N)c1ccc(Nc2ccc3c(c2)C(=O)N(C2CCC(=O)NC2=O)C3=O)cc1. The van der Waals surface area contributed by atoms with E-state index in [-0.39, 0.29) is 30.0 Å². The first-order chi connectivity index (χ1) is 13.8. The third-order valence-corrected chi connectivity index (χ3v) is 5.16. The number of nitrogens with one attached hydrogen (secondary N) is 2. The Morgan fingerprint density at radius 3 is 2.31 bits per heavy atom. The zero-order valence-electron chi connectivity index (χ0n) is 15.8. The number of piperidine rings is 1. The van der Waals surface area contributed by atoms with Crippen LogP contribution in [0, 0.1) is 0 Å². The quantitative estimate of drug-likeness (QED) is 0.683. The molecule has 4 N–H and O–H groups in total. The van der Waals surface area contributed by atoms with Gasteiger partial charge in [-0.05, 0) is 49.2 Å². The van der Waals surface area contributed by atoms with Crippen molar-refractivity contribution in [1.29, 1.82) is 0 Å². The number of rotatable bonds is 4. The summed E-state index contributed by atoms with van der Waals surface area (Å²) < 4.78 is 0. The number of hydrogen-bond donors (Lipinski definition) is 3. The first-order valence-corrected chi connectivity index (χ1v) is 9.33. The number of amides is 4. The lowest BCUT2D eigenvalue weighted by molar-refractivity contribution is -0.136. The Hall–Kier alpha value is -3.52. The van der Waals surface area contributed by atoms with Crippen molar-refractivity contribution < 1.29 is 19.2 Å². The van der Waals surface area contributed by atoms with Gasteiger partial charge in [0.05, 0.1) is 11.1 Å². The molecule has 8 heteroatoms. The predicted molar refractivity (Wildman–Crippen MR) is 105 cm³/mol. The molecule has 4 rings (SSSR count). The van der Waals surface area contributed by atoms with E-state index < -0.39 is 29.7 Å². The second-order valence-corrected chi connectivity index (χ2v) is 7.24. The third kappa shape index (κ3) is 3.38. The van der Waals surface area contributed by atoms with Crippen molar-refractivity contribution in [1.82, 2.24) is 10.2 Å². The average Bonchev–Trinajstić information content (AvgIpc) is 2.93. The smallest absolute Gasteiger partial charge is 0.262 e. The van der Waals surface area contributed by atoms with Crippen LogP contribution in [0.4, 0.5) is 11.4 Å². The topological polar surface area (TPSA) is 122 Å². The molecule has 2 aliphatic heterocycles. The van der Waals surface area contributed by atoms with Crippen LogP contribution >= 0.6 is 0 Å². The molecule has 2 aliphatic rings. The van der Waals surface area contributed by atoms with E-state index in [1.54, 1.807) is 18.2 Å². The van der Waals surface area contributed by atoms with Crippen molar-refractivity contribution in [2.45, 2.75) is 31.8 Å². The number of imide groups is 2. The molecule has 2 aromatic carbocycles. The largest absolute Gasteiger partial charge is 0.356 e. The highest BCUT2D eigenvalue weighted by atomic mass is 16.2. The fourth-order valence-corrected chi connectivity index (χ4v) is 3.59. The summed E-state index contributed by atoms with van der Waals surface area (Å²) in [6.45, 7) is 1.90. The summed E-state index contributed by atoms with van der Waals surface area (Å²) in [5.41, 5.74) is 8.80. The van der Waals surface area contributed by atoms with Gasteiger partial charge in [0.25, 0.3) is 11.8 Å². The lowest BCUT2D eigenvalue weighted by atomic mass is 10.0. The number of anilines is 2. The summed E-state index contributed by atoms with van der Waals surface area (Å²) in [7, 11) is 0. The number of nitrogens with two attached hydrogens (primary N) is 1. The molecule has 1 fully saturated rings. The Balaban J connectivity index is 1.57. The van der Waals surface area contributed by atoms with Gasteiger partial charge in [0.2, 0.25) is 11.8 Å². The molecule has 2 heterocycles. The van der Waals surface area contributed by atoms with Crippen molar-refractivity contribution >= 4 is 35.0 Å². The first kappa shape index (κ1) is 18.8. The molecular weight excluding hydrogens is 372 g/mol. The van der Waals surface area contributed by atoms with Gasteiger partial charge in [-0.15, -0.1) is 0 Å². The third-order valence-electron chi connectivity index (χ3n) is 5.16. The van der Waals surface area contributed by atoms with Crippen molar-refractivity contribution in [3.63, 3.8) is 0 Å². The second kappa shape index (κ2) is 7.14. The molecule has 2 unspecified atom stereocenters. The van der Waals surface area contributed by atoms with E-state index in [2.05, 4.69) is 10.6 Å². The Labute approximate surface area is 167 Å². The van der Waals surface area contributed by atoms with Crippen LogP contribution in [0.25, 0.3) is 0 Å². The van der Waals surface area contributed by atoms with Gasteiger partial charge in [-0.25, -0.2) is 0 Å². The molecule has 0 saturated carbocycles. The molecule has 2 aromatic rings. The molecule has 1 saturated heterocycles. The molecule has 4 amide bonds. The van der Waals surface area contributed by atoms with Gasteiger partial charge in [-0.2, -0.15) is 0 Å². The van der Waals surface area contributed by atoms with Crippen molar-refractivity contribution in [2.24, 2.45) is 5.73 Å². The van der Waals surface area contributed by atoms with Gasteiger partial charge < -0.3 is 11.1 Å². The van der Waals surface area contributed by atoms with Gasteiger partial charge in [-0.3, -0.25) is 29.4 Å². The molecule has 2 atom stereocenters. The molecule has 0 aliphatic carbocycles. The molecule has 29 heavy (non-hydrogen) atoms. The van der Waals surface area contributed by atoms with Crippen LogP contribution in [0.1, 0.15) is 52.1 Å².